The number of alkyl halides is 2. The van der Waals surface area contributed by atoms with E-state index < -0.39 is 32.5 Å². The summed E-state index contributed by atoms with van der Waals surface area (Å²) < 4.78 is 69.9. The minimum absolute atomic E-state index is 0.00768. The number of benzene rings is 8. The van der Waals surface area contributed by atoms with Gasteiger partial charge < -0.3 is 66.7 Å². The number of nitrogens with zero attached hydrogens (tertiary/aromatic N) is 4. The molecule has 6 heterocycles. The van der Waals surface area contributed by atoms with Gasteiger partial charge in [0.25, 0.3) is 8.32 Å². The third-order valence-electron chi connectivity index (χ3n) is 22.3. The van der Waals surface area contributed by atoms with Gasteiger partial charge in [-0.3, -0.25) is 19.4 Å². The number of methoxy groups -OCH3 is 6. The first-order valence-electron chi connectivity index (χ1n) is 36.5. The number of amides is 2. The van der Waals surface area contributed by atoms with Gasteiger partial charge in [-0.15, -0.1) is 23.2 Å². The summed E-state index contributed by atoms with van der Waals surface area (Å²) >= 11 is 9.53. The molecule has 21 heteroatoms. The summed E-state index contributed by atoms with van der Waals surface area (Å²) in [6.07, 6.45) is 5.10. The predicted octanol–water partition coefficient (Wildman–Crippen LogP) is 17.4. The minimum Gasteiger partial charge on any atom is -0.543 e. The Morgan fingerprint density at radius 3 is 1.17 bits per heavy atom. The standard InChI is InChI=1S/C46H56N2O7Si.C40H42N2O7.CH2Cl2/c1-28-22-32-23-35-45(49)48-34(39(47(35)6)37(32)44(40(28)50-7)54-26-31-20-16-13-17-21-31)24-33-38(36(48)27-53-25-30-18-14-12-15-19-30)43(52-9)42(51-8)29(2)41(33)55-56(10,11)46(3,4)5;1-23-17-27-18-30-40(44)42-29(34(41(30)3)32(27)39(36(23)45-4)49-21-26-15-11-8-12-16-26)19-28-33(38(47-6)37(46-5)24(2)35(28)43)31(42)22-48-20-25-13-9-7-10-14-25;2-1-3/h12-22,24,35-36,39H,23,25-27H2,1-11H3;7-17,19,30-31,34,43H,18,20-22H2,1-6H3;1H2/t35-,36-,39-;30-,31-,34-;/m00./s1. The van der Waals surface area contributed by atoms with Crippen molar-refractivity contribution in [1.82, 2.24) is 19.6 Å². The van der Waals surface area contributed by atoms with E-state index in [1.807, 2.05) is 160 Å². The number of aryl methyl sites for hydroxylation is 2. The van der Waals surface area contributed by atoms with E-state index in [9.17, 15) is 9.90 Å². The number of rotatable bonds is 22. The van der Waals surface area contributed by atoms with Crippen LogP contribution in [0.2, 0.25) is 18.1 Å². The zero-order valence-electron chi connectivity index (χ0n) is 65.0. The van der Waals surface area contributed by atoms with E-state index in [1.165, 1.54) is 0 Å². The van der Waals surface area contributed by atoms with Gasteiger partial charge in [-0.2, -0.15) is 0 Å². The van der Waals surface area contributed by atoms with Crippen molar-refractivity contribution in [2.45, 2.75) is 142 Å². The molecule has 2 amide bonds. The van der Waals surface area contributed by atoms with Gasteiger partial charge in [-0.05, 0) is 129 Å². The number of aromatic hydroxyl groups is 1. The number of phenolic OH excluding ortho intramolecular Hbond substituents is 1. The lowest BCUT2D eigenvalue weighted by atomic mass is 9.78. The molecule has 570 valence electrons. The van der Waals surface area contributed by atoms with Gasteiger partial charge in [0.15, 0.2) is 46.0 Å². The third kappa shape index (κ3) is 14.6. The van der Waals surface area contributed by atoms with E-state index in [-0.39, 0.29) is 53.2 Å². The van der Waals surface area contributed by atoms with E-state index in [1.54, 1.807) is 49.6 Å². The number of halogens is 2. The average molecular weight is 1520 g/mol. The second-order valence-corrected chi connectivity index (χ2v) is 35.2. The van der Waals surface area contributed by atoms with Crippen LogP contribution in [0, 0.1) is 27.7 Å². The Hall–Kier alpha value is -9.18. The Kier molecular flexibility index (Phi) is 23.9. The van der Waals surface area contributed by atoms with Crippen molar-refractivity contribution in [2.75, 3.05) is 75.3 Å². The summed E-state index contributed by atoms with van der Waals surface area (Å²) in [5.41, 5.74) is 16.0. The minimum atomic E-state index is -2.40. The van der Waals surface area contributed by atoms with E-state index >= 15 is 4.79 Å². The molecule has 0 radical (unpaired) electrons. The number of carbonyl (C=O) groups excluding carboxylic acids is 2. The first-order valence-corrected chi connectivity index (χ1v) is 40.5. The number of carbonyl (C=O) groups is 2. The molecular formula is C87H100Cl2N4O14Si. The van der Waals surface area contributed by atoms with Crippen molar-refractivity contribution in [2.24, 2.45) is 0 Å². The molecule has 6 aliphatic heterocycles. The van der Waals surface area contributed by atoms with Gasteiger partial charge >= 0.3 is 0 Å². The Bertz CT molecular complexity index is 4690. The average Bonchev–Trinajstić information content (AvgIpc) is 0.703. The molecule has 108 heavy (non-hydrogen) atoms. The molecule has 0 aromatic heterocycles. The largest absolute Gasteiger partial charge is 0.543 e. The van der Waals surface area contributed by atoms with Crippen molar-refractivity contribution in [3.8, 4) is 57.5 Å². The monoisotopic (exact) mass is 1520 g/mol. The van der Waals surface area contributed by atoms with Crippen LogP contribution in [0.25, 0.3) is 12.2 Å². The van der Waals surface area contributed by atoms with Crippen LogP contribution in [0.5, 0.6) is 57.5 Å². The lowest BCUT2D eigenvalue weighted by Gasteiger charge is -2.53. The molecule has 0 unspecified atom stereocenters. The normalized spacial score (nSPS) is 18.8. The maximum absolute atomic E-state index is 15.1. The number of ether oxygens (including phenoxy) is 10. The second kappa shape index (κ2) is 32.9. The molecule has 6 atom stereocenters. The summed E-state index contributed by atoms with van der Waals surface area (Å²) in [5.74, 6) is 5.55. The van der Waals surface area contributed by atoms with Gasteiger partial charge in [-0.25, -0.2) is 0 Å². The summed E-state index contributed by atoms with van der Waals surface area (Å²) in [5, 5.41) is 11.9. The van der Waals surface area contributed by atoms with Crippen molar-refractivity contribution in [1.29, 1.82) is 0 Å². The molecule has 0 aliphatic carbocycles. The van der Waals surface area contributed by atoms with Gasteiger partial charge in [0.05, 0.1) is 111 Å². The Morgan fingerprint density at radius 1 is 0.463 bits per heavy atom. The number of hydrogen-bond acceptors (Lipinski definition) is 16. The van der Waals surface area contributed by atoms with E-state index in [0.29, 0.717) is 102 Å². The fraction of sp³-hybridized carbons (Fsp3) is 0.379. The molecule has 4 bridgehead atoms. The highest BCUT2D eigenvalue weighted by Gasteiger charge is 2.56. The molecule has 2 saturated heterocycles. The molecular weight excluding hydrogens is 1420 g/mol. The molecule has 8 aromatic carbocycles. The Morgan fingerprint density at radius 2 is 0.806 bits per heavy atom. The Labute approximate surface area is 646 Å². The number of phenols is 1. The molecule has 18 nitrogen and oxygen atoms in total. The Balaban J connectivity index is 0.000000196. The van der Waals surface area contributed by atoms with Gasteiger partial charge in [-0.1, -0.05) is 154 Å². The zero-order chi connectivity index (χ0) is 77.2. The van der Waals surface area contributed by atoms with E-state index in [4.69, 9.17) is 75.0 Å². The second-order valence-electron chi connectivity index (χ2n) is 29.6. The third-order valence-corrected chi connectivity index (χ3v) is 26.6. The van der Waals surface area contributed by atoms with Crippen LogP contribution in [0.15, 0.2) is 145 Å². The molecule has 2 fully saturated rings. The number of hydrogen-bond donors (Lipinski definition) is 1. The SMILES string of the molecule is COc1c(C)cc2c(c1OCc1ccccc1)[C@@H]1C3=Cc4c(O)c(C)c(OC)c(OC)c4[C@H](COCc4ccccc4)N3C(=O)[C@H](C2)N1C.COc1c(C)cc2c(c1OCc1ccccc1)[C@@H]1C3=Cc4c(O[Si](C)(C)C(C)(C)C)c(C)c(OC)c(OC)c4[C@H](COCc4ccccc4)N3C(=O)[C@H](C2)N1C.ClCCl. The highest BCUT2D eigenvalue weighted by atomic mass is 35.5. The summed E-state index contributed by atoms with van der Waals surface area (Å²) in [6.45, 7) is 20.9. The van der Waals surface area contributed by atoms with Gasteiger partial charge in [0, 0.05) is 55.9 Å². The first kappa shape index (κ1) is 78.4. The fourth-order valence-corrected chi connectivity index (χ4v) is 17.2. The number of likely N-dealkylation sites (N-methyl/N-ethyl adjacent to an activating group) is 2. The van der Waals surface area contributed by atoms with Crippen LogP contribution in [0.4, 0.5) is 0 Å². The van der Waals surface area contributed by atoms with Crippen molar-refractivity contribution in [3.63, 3.8) is 0 Å². The van der Waals surface area contributed by atoms with E-state index in [0.717, 1.165) is 89.5 Å². The molecule has 6 aliphatic rings. The quantitative estimate of drug-likeness (QED) is 0.0502. The van der Waals surface area contributed by atoms with Crippen LogP contribution in [0.3, 0.4) is 0 Å². The van der Waals surface area contributed by atoms with Crippen LogP contribution in [0.1, 0.15) is 134 Å². The van der Waals surface area contributed by atoms with Crippen LogP contribution >= 0.6 is 23.2 Å². The lowest BCUT2D eigenvalue weighted by Crippen LogP contribution is -2.60. The number of piperazine rings is 2. The van der Waals surface area contributed by atoms with Crippen molar-refractivity contribution < 1.29 is 66.5 Å². The van der Waals surface area contributed by atoms with Crippen LogP contribution in [-0.2, 0) is 58.3 Å². The summed E-state index contributed by atoms with van der Waals surface area (Å²) in [7, 11) is 11.4. The maximum atomic E-state index is 15.1. The van der Waals surface area contributed by atoms with Crippen molar-refractivity contribution in [3.05, 3.63) is 234 Å². The van der Waals surface area contributed by atoms with Crippen LogP contribution < -0.4 is 42.3 Å². The first-order chi connectivity index (χ1) is 51.9. The summed E-state index contributed by atoms with van der Waals surface area (Å²) in [6, 6.07) is 41.8. The maximum Gasteiger partial charge on any atom is 0.250 e. The fourth-order valence-electron chi connectivity index (χ4n) is 16.1. The molecule has 8 aromatic rings. The molecule has 14 rings (SSSR count). The molecule has 0 saturated carbocycles. The highest BCUT2D eigenvalue weighted by Crippen LogP contribution is 2.61. The lowest BCUT2D eigenvalue weighted by molar-refractivity contribution is -0.146. The number of fused-ring (bicyclic) bond motifs is 14. The van der Waals surface area contributed by atoms with Crippen molar-refractivity contribution >= 4 is 55.5 Å². The molecule has 1 N–H and O–H groups in total. The predicted molar refractivity (Wildman–Crippen MR) is 425 cm³/mol. The molecule has 0 spiro atoms. The van der Waals surface area contributed by atoms with Gasteiger partial charge in [0.1, 0.15) is 24.7 Å². The smallest absolute Gasteiger partial charge is 0.250 e. The van der Waals surface area contributed by atoms with Gasteiger partial charge in [0.2, 0.25) is 11.8 Å². The zero-order valence-corrected chi connectivity index (χ0v) is 67.5. The highest BCUT2D eigenvalue weighted by molar-refractivity contribution is 6.74. The summed E-state index contributed by atoms with van der Waals surface area (Å²) in [4.78, 5) is 38.0. The van der Waals surface area contributed by atoms with E-state index in [2.05, 4.69) is 74.0 Å². The van der Waals surface area contributed by atoms with Crippen LogP contribution in [-0.4, -0.2) is 132 Å². The topological polar surface area (TPSA) is 169 Å².